The predicted octanol–water partition coefficient (Wildman–Crippen LogP) is 3.31. The smallest absolute Gasteiger partial charge is 0.273 e. The van der Waals surface area contributed by atoms with E-state index in [9.17, 15) is 4.79 Å². The second-order valence-corrected chi connectivity index (χ2v) is 8.85. The number of hydrogen-bond donors (Lipinski definition) is 1. The van der Waals surface area contributed by atoms with Gasteiger partial charge in [-0.1, -0.05) is 0 Å². The number of thiazole rings is 1. The van der Waals surface area contributed by atoms with Gasteiger partial charge in [-0.2, -0.15) is 0 Å². The minimum absolute atomic E-state index is 0. The van der Waals surface area contributed by atoms with E-state index in [0.717, 1.165) is 29.3 Å². The summed E-state index contributed by atoms with van der Waals surface area (Å²) in [7, 11) is 1.95. The number of nitrogens with two attached hydrogens (primary N) is 1. The minimum atomic E-state index is 0. The highest BCUT2D eigenvalue weighted by molar-refractivity contribution is 7.09. The number of halogens is 1. The molecule has 4 bridgehead atoms. The van der Waals surface area contributed by atoms with Gasteiger partial charge in [-0.05, 0) is 61.7 Å². The SMILES string of the molecule is CN(CC12CC3CC(CC(C3)C1)C2)C(=O)c1csc(CN)n1.Cl. The average molecular weight is 356 g/mol. The maximum atomic E-state index is 12.6. The van der Waals surface area contributed by atoms with Crippen LogP contribution in [0.3, 0.4) is 0 Å². The molecule has 2 N–H and O–H groups in total. The lowest BCUT2D eigenvalue weighted by Crippen LogP contribution is -2.51. The lowest BCUT2D eigenvalue weighted by Gasteiger charge is -2.57. The fraction of sp³-hybridized carbons (Fsp3) is 0.765. The highest BCUT2D eigenvalue weighted by Gasteiger charge is 2.51. The van der Waals surface area contributed by atoms with Gasteiger partial charge >= 0.3 is 0 Å². The normalized spacial score (nSPS) is 34.3. The van der Waals surface area contributed by atoms with Crippen LogP contribution in [-0.2, 0) is 6.54 Å². The molecule has 1 aromatic rings. The predicted molar refractivity (Wildman–Crippen MR) is 94.8 cm³/mol. The van der Waals surface area contributed by atoms with Crippen molar-refractivity contribution in [2.45, 2.75) is 45.1 Å². The third-order valence-corrected chi connectivity index (χ3v) is 6.90. The van der Waals surface area contributed by atoms with E-state index in [2.05, 4.69) is 4.98 Å². The largest absolute Gasteiger partial charge is 0.340 e. The molecule has 6 heteroatoms. The zero-order chi connectivity index (χ0) is 15.3. The molecule has 0 unspecified atom stereocenters. The minimum Gasteiger partial charge on any atom is -0.340 e. The maximum Gasteiger partial charge on any atom is 0.273 e. The Labute approximate surface area is 148 Å². The molecule has 0 radical (unpaired) electrons. The zero-order valence-electron chi connectivity index (χ0n) is 13.7. The van der Waals surface area contributed by atoms with Crippen LogP contribution in [0, 0.1) is 23.2 Å². The summed E-state index contributed by atoms with van der Waals surface area (Å²) in [5, 5.41) is 2.69. The quantitative estimate of drug-likeness (QED) is 0.901. The van der Waals surface area contributed by atoms with Crippen LogP contribution in [0.1, 0.15) is 54.0 Å². The van der Waals surface area contributed by atoms with Gasteiger partial charge in [-0.25, -0.2) is 4.98 Å². The molecule has 23 heavy (non-hydrogen) atoms. The summed E-state index contributed by atoms with van der Waals surface area (Å²) in [6.45, 7) is 1.32. The molecule has 0 saturated heterocycles. The molecule has 4 aliphatic carbocycles. The van der Waals surface area contributed by atoms with Gasteiger partial charge in [0.2, 0.25) is 0 Å². The van der Waals surface area contributed by atoms with E-state index in [1.807, 2.05) is 17.3 Å². The van der Waals surface area contributed by atoms with Crippen LogP contribution in [0.15, 0.2) is 5.38 Å². The molecule has 0 aliphatic heterocycles. The standard InChI is InChI=1S/C17H25N3OS.ClH/c1-20(16(21)14-9-22-15(8-18)19-14)10-17-5-11-2-12(6-17)4-13(3-11)7-17;/h9,11-13H,2-8,10,18H2,1H3;1H. The summed E-state index contributed by atoms with van der Waals surface area (Å²) < 4.78 is 0. The fourth-order valence-corrected chi connectivity index (χ4v) is 6.41. The first-order valence-electron chi connectivity index (χ1n) is 8.47. The molecule has 0 spiro atoms. The van der Waals surface area contributed by atoms with Crippen molar-refractivity contribution in [2.75, 3.05) is 13.6 Å². The van der Waals surface area contributed by atoms with Crippen molar-refractivity contribution in [1.82, 2.24) is 9.88 Å². The van der Waals surface area contributed by atoms with Gasteiger partial charge in [0.25, 0.3) is 5.91 Å². The first kappa shape index (κ1) is 17.2. The first-order valence-corrected chi connectivity index (χ1v) is 9.35. The van der Waals surface area contributed by atoms with Gasteiger partial charge in [0.05, 0.1) is 0 Å². The van der Waals surface area contributed by atoms with Crippen molar-refractivity contribution in [3.05, 3.63) is 16.1 Å². The van der Waals surface area contributed by atoms with Crippen molar-refractivity contribution in [3.8, 4) is 0 Å². The second-order valence-electron chi connectivity index (χ2n) is 7.91. The monoisotopic (exact) mass is 355 g/mol. The summed E-state index contributed by atoms with van der Waals surface area (Å²) in [5.74, 6) is 2.85. The molecule has 0 atom stereocenters. The van der Waals surface area contributed by atoms with Crippen LogP contribution in [0.5, 0.6) is 0 Å². The zero-order valence-corrected chi connectivity index (χ0v) is 15.3. The second kappa shape index (κ2) is 6.34. The maximum absolute atomic E-state index is 12.6. The van der Waals surface area contributed by atoms with Gasteiger partial charge in [0, 0.05) is 25.5 Å². The lowest BCUT2D eigenvalue weighted by atomic mass is 9.49. The Morgan fingerprint density at radius 1 is 1.30 bits per heavy atom. The van der Waals surface area contributed by atoms with Crippen molar-refractivity contribution < 1.29 is 4.79 Å². The molecule has 4 aliphatic rings. The van der Waals surface area contributed by atoms with Gasteiger partial charge in [-0.3, -0.25) is 4.79 Å². The molecule has 128 valence electrons. The van der Waals surface area contributed by atoms with Crippen molar-refractivity contribution >= 4 is 29.7 Å². The summed E-state index contributed by atoms with van der Waals surface area (Å²) in [5.41, 5.74) is 6.56. The fourth-order valence-electron chi connectivity index (χ4n) is 5.76. The van der Waals surface area contributed by atoms with E-state index < -0.39 is 0 Å². The number of aromatic nitrogens is 1. The molecule has 4 nitrogen and oxygen atoms in total. The summed E-state index contributed by atoms with van der Waals surface area (Å²) in [6, 6.07) is 0. The van der Waals surface area contributed by atoms with E-state index in [4.69, 9.17) is 5.73 Å². The number of carbonyl (C=O) groups excluding carboxylic acids is 1. The Balaban J connectivity index is 0.00000156. The number of amides is 1. The Bertz CT molecular complexity index is 553. The van der Waals surface area contributed by atoms with Crippen molar-refractivity contribution in [2.24, 2.45) is 28.9 Å². The van der Waals surface area contributed by atoms with Crippen LogP contribution in [-0.4, -0.2) is 29.4 Å². The van der Waals surface area contributed by atoms with Gasteiger partial charge < -0.3 is 10.6 Å². The molecular weight excluding hydrogens is 330 g/mol. The number of nitrogens with zero attached hydrogens (tertiary/aromatic N) is 2. The van der Waals surface area contributed by atoms with Crippen LogP contribution < -0.4 is 5.73 Å². The Morgan fingerprint density at radius 3 is 2.35 bits per heavy atom. The van der Waals surface area contributed by atoms with Gasteiger partial charge in [-0.15, -0.1) is 23.7 Å². The highest BCUT2D eigenvalue weighted by Crippen LogP contribution is 2.60. The van der Waals surface area contributed by atoms with Crippen molar-refractivity contribution in [3.63, 3.8) is 0 Å². The highest BCUT2D eigenvalue weighted by atomic mass is 35.5. The topological polar surface area (TPSA) is 59.2 Å². The molecule has 5 rings (SSSR count). The Hall–Kier alpha value is -0.650. The van der Waals surface area contributed by atoms with E-state index in [1.165, 1.54) is 49.9 Å². The number of rotatable bonds is 4. The molecular formula is C17H26ClN3OS. The Morgan fingerprint density at radius 2 is 1.87 bits per heavy atom. The first-order chi connectivity index (χ1) is 10.6. The van der Waals surface area contributed by atoms with Crippen LogP contribution in [0.2, 0.25) is 0 Å². The van der Waals surface area contributed by atoms with Crippen LogP contribution >= 0.6 is 23.7 Å². The third kappa shape index (κ3) is 3.15. The number of hydrogen-bond acceptors (Lipinski definition) is 4. The van der Waals surface area contributed by atoms with Gasteiger partial charge in [0.1, 0.15) is 10.7 Å². The van der Waals surface area contributed by atoms with Crippen LogP contribution in [0.25, 0.3) is 0 Å². The van der Waals surface area contributed by atoms with E-state index >= 15 is 0 Å². The van der Waals surface area contributed by atoms with E-state index in [0.29, 0.717) is 17.7 Å². The summed E-state index contributed by atoms with van der Waals surface area (Å²) >= 11 is 1.48. The molecule has 4 fully saturated rings. The lowest BCUT2D eigenvalue weighted by molar-refractivity contribution is -0.0629. The van der Waals surface area contributed by atoms with E-state index in [-0.39, 0.29) is 18.3 Å². The average Bonchev–Trinajstić information content (AvgIpc) is 2.93. The summed E-state index contributed by atoms with van der Waals surface area (Å²) in [4.78, 5) is 18.9. The molecule has 0 aromatic carbocycles. The molecule has 1 aromatic heterocycles. The third-order valence-electron chi connectivity index (χ3n) is 6.03. The van der Waals surface area contributed by atoms with Crippen molar-refractivity contribution in [1.29, 1.82) is 0 Å². The van der Waals surface area contributed by atoms with Crippen LogP contribution in [0.4, 0.5) is 0 Å². The molecule has 1 amide bonds. The molecule has 1 heterocycles. The number of carbonyl (C=O) groups is 1. The Kier molecular flexibility index (Phi) is 4.73. The van der Waals surface area contributed by atoms with E-state index in [1.54, 1.807) is 0 Å². The molecule has 4 saturated carbocycles. The summed E-state index contributed by atoms with van der Waals surface area (Å²) in [6.07, 6.45) is 8.35. The van der Waals surface area contributed by atoms with Gasteiger partial charge in [0.15, 0.2) is 0 Å².